The van der Waals surface area contributed by atoms with Gasteiger partial charge in [0.2, 0.25) is 0 Å². The van der Waals surface area contributed by atoms with E-state index in [9.17, 15) is 14.3 Å². The van der Waals surface area contributed by atoms with Gasteiger partial charge in [0.15, 0.2) is 0 Å². The van der Waals surface area contributed by atoms with Gasteiger partial charge in [-0.15, -0.1) is 0 Å². The van der Waals surface area contributed by atoms with E-state index in [2.05, 4.69) is 0 Å². The number of hydrogen-bond donors (Lipinski definition) is 0. The molecule has 2 nitrogen and oxygen atoms in total. The maximum atomic E-state index is 11.9. The van der Waals surface area contributed by atoms with Gasteiger partial charge < -0.3 is 9.90 Å². The molecule has 1 atom stereocenters. The summed E-state index contributed by atoms with van der Waals surface area (Å²) in [6.45, 7) is 1.72. The molecule has 0 radical (unpaired) electrons. The van der Waals surface area contributed by atoms with E-state index in [0.717, 1.165) is 0 Å². The summed E-state index contributed by atoms with van der Waals surface area (Å²) < 4.78 is 11.9. The van der Waals surface area contributed by atoms with Crippen LogP contribution in [-0.4, -0.2) is 12.1 Å². The Morgan fingerprint density at radius 3 is 2.33 bits per heavy atom. The molecule has 0 saturated carbocycles. The van der Waals surface area contributed by atoms with Gasteiger partial charge in [-0.1, -0.05) is 13.3 Å². The standard InChI is InChI=1S/C5H9FO2.K/c1-2-3-4(6)5(7)8;/h4H,2-3H2,1H3,(H,7,8);/q;+1/p-1. The van der Waals surface area contributed by atoms with Crippen molar-refractivity contribution in [2.45, 2.75) is 25.9 Å². The number of rotatable bonds is 3. The van der Waals surface area contributed by atoms with E-state index in [1.54, 1.807) is 6.92 Å². The molecule has 0 aliphatic carbocycles. The Hall–Kier alpha value is 1.04. The first-order valence-corrected chi connectivity index (χ1v) is 2.53. The summed E-state index contributed by atoms with van der Waals surface area (Å²) in [5.74, 6) is -1.60. The predicted molar refractivity (Wildman–Crippen MR) is 24.8 cm³/mol. The molecule has 1 unspecified atom stereocenters. The first-order chi connectivity index (χ1) is 3.68. The molecule has 4 heteroatoms. The smallest absolute Gasteiger partial charge is 0.547 e. The minimum Gasteiger partial charge on any atom is -0.547 e. The molecule has 0 spiro atoms. The SMILES string of the molecule is CCCC(F)C(=O)[O-].[K+]. The predicted octanol–water partition coefficient (Wildman–Crippen LogP) is -3.12. The van der Waals surface area contributed by atoms with Gasteiger partial charge in [-0.3, -0.25) is 0 Å². The van der Waals surface area contributed by atoms with E-state index in [1.807, 2.05) is 0 Å². The van der Waals surface area contributed by atoms with Gasteiger partial charge in [-0.2, -0.15) is 0 Å². The fourth-order valence-electron chi connectivity index (χ4n) is 0.371. The van der Waals surface area contributed by atoms with Crippen molar-refractivity contribution in [3.05, 3.63) is 0 Å². The Balaban J connectivity index is 0. The third-order valence-corrected chi connectivity index (χ3v) is 0.798. The molecule has 0 bridgehead atoms. The monoisotopic (exact) mass is 158 g/mol. The van der Waals surface area contributed by atoms with Crippen molar-refractivity contribution in [3.8, 4) is 0 Å². The number of carbonyl (C=O) groups excluding carboxylic acids is 1. The van der Waals surface area contributed by atoms with Crippen LogP contribution in [0, 0.1) is 0 Å². The van der Waals surface area contributed by atoms with Gasteiger partial charge in [0.25, 0.3) is 0 Å². The summed E-state index contributed by atoms with van der Waals surface area (Å²) in [5, 5.41) is 9.60. The van der Waals surface area contributed by atoms with Crippen LogP contribution in [0.15, 0.2) is 0 Å². The number of alkyl halides is 1. The van der Waals surface area contributed by atoms with Crippen molar-refractivity contribution in [2.75, 3.05) is 0 Å². The maximum absolute atomic E-state index is 11.9. The van der Waals surface area contributed by atoms with Crippen LogP contribution in [0.2, 0.25) is 0 Å². The van der Waals surface area contributed by atoms with Crippen LogP contribution >= 0.6 is 0 Å². The van der Waals surface area contributed by atoms with Crippen LogP contribution in [0.3, 0.4) is 0 Å². The number of carboxylic acid groups (broad SMARTS) is 1. The molecule has 0 aliphatic heterocycles. The Morgan fingerprint density at radius 1 is 1.78 bits per heavy atom. The summed E-state index contributed by atoms with van der Waals surface area (Å²) in [6.07, 6.45) is -1.18. The molecule has 0 aromatic carbocycles. The van der Waals surface area contributed by atoms with Crippen molar-refractivity contribution < 1.29 is 65.7 Å². The Labute approximate surface area is 96.2 Å². The summed E-state index contributed by atoms with van der Waals surface area (Å²) in [7, 11) is 0. The van der Waals surface area contributed by atoms with Crippen molar-refractivity contribution in [1.82, 2.24) is 0 Å². The zero-order valence-corrected chi connectivity index (χ0v) is 8.81. The van der Waals surface area contributed by atoms with Crippen molar-refractivity contribution in [3.63, 3.8) is 0 Å². The summed E-state index contributed by atoms with van der Waals surface area (Å²) in [5.41, 5.74) is 0. The zero-order chi connectivity index (χ0) is 6.57. The van der Waals surface area contributed by atoms with E-state index in [1.165, 1.54) is 0 Å². The third kappa shape index (κ3) is 6.93. The van der Waals surface area contributed by atoms with Crippen molar-refractivity contribution in [1.29, 1.82) is 0 Å². The molecule has 0 aromatic heterocycles. The average molecular weight is 158 g/mol. The Bertz CT molecular complexity index is 87.0. The van der Waals surface area contributed by atoms with Gasteiger partial charge in [0.05, 0.1) is 5.97 Å². The molecule has 0 saturated heterocycles. The molecule has 48 valence electrons. The first-order valence-electron chi connectivity index (χ1n) is 2.53. The van der Waals surface area contributed by atoms with Gasteiger partial charge >= 0.3 is 51.4 Å². The molecular formula is C5H8FKO2. The number of carboxylic acids is 1. The van der Waals surface area contributed by atoms with Gasteiger partial charge in [0, 0.05) is 0 Å². The zero-order valence-electron chi connectivity index (χ0n) is 5.69. The maximum Gasteiger partial charge on any atom is 1.00 e. The van der Waals surface area contributed by atoms with Crippen LogP contribution in [0.5, 0.6) is 0 Å². The molecule has 0 amide bonds. The van der Waals surface area contributed by atoms with Crippen molar-refractivity contribution in [2.24, 2.45) is 0 Å². The molecule has 0 aliphatic rings. The van der Waals surface area contributed by atoms with Crippen LogP contribution in [-0.2, 0) is 4.79 Å². The van der Waals surface area contributed by atoms with Crippen LogP contribution in [0.25, 0.3) is 0 Å². The van der Waals surface area contributed by atoms with Crippen LogP contribution in [0.1, 0.15) is 19.8 Å². The second-order valence-electron chi connectivity index (χ2n) is 1.58. The molecule has 0 aromatic rings. The molecule has 0 fully saturated rings. The van der Waals surface area contributed by atoms with E-state index in [-0.39, 0.29) is 57.8 Å². The van der Waals surface area contributed by atoms with E-state index in [4.69, 9.17) is 0 Å². The number of halogens is 1. The third-order valence-electron chi connectivity index (χ3n) is 0.798. The summed E-state index contributed by atoms with van der Waals surface area (Å²) in [4.78, 5) is 9.60. The van der Waals surface area contributed by atoms with Crippen LogP contribution < -0.4 is 56.5 Å². The normalized spacial score (nSPS) is 11.8. The summed E-state index contributed by atoms with van der Waals surface area (Å²) >= 11 is 0. The molecule has 0 heterocycles. The fourth-order valence-corrected chi connectivity index (χ4v) is 0.371. The summed E-state index contributed by atoms with van der Waals surface area (Å²) in [6, 6.07) is 0. The van der Waals surface area contributed by atoms with Crippen LogP contribution in [0.4, 0.5) is 4.39 Å². The number of hydrogen-bond acceptors (Lipinski definition) is 2. The number of carbonyl (C=O) groups is 1. The largest absolute Gasteiger partial charge is 1.00 e. The Kier molecular flexibility index (Phi) is 10.1. The Morgan fingerprint density at radius 2 is 2.22 bits per heavy atom. The quantitative estimate of drug-likeness (QED) is 0.408. The second kappa shape index (κ2) is 7.15. The molecular weight excluding hydrogens is 150 g/mol. The minimum atomic E-state index is -1.78. The minimum absolute atomic E-state index is 0. The number of aliphatic carboxylic acids is 1. The molecule has 9 heavy (non-hydrogen) atoms. The van der Waals surface area contributed by atoms with E-state index < -0.39 is 12.1 Å². The van der Waals surface area contributed by atoms with E-state index >= 15 is 0 Å². The second-order valence-corrected chi connectivity index (χ2v) is 1.58. The topological polar surface area (TPSA) is 40.1 Å². The fraction of sp³-hybridized carbons (Fsp3) is 0.800. The van der Waals surface area contributed by atoms with Gasteiger partial charge in [0.1, 0.15) is 6.17 Å². The van der Waals surface area contributed by atoms with Gasteiger partial charge in [-0.05, 0) is 6.42 Å². The molecule has 0 N–H and O–H groups in total. The first kappa shape index (κ1) is 12.7. The van der Waals surface area contributed by atoms with Crippen molar-refractivity contribution >= 4 is 5.97 Å². The average Bonchev–Trinajstić information content (AvgIpc) is 1.67. The molecule has 0 rings (SSSR count). The van der Waals surface area contributed by atoms with E-state index in [0.29, 0.717) is 6.42 Å². The van der Waals surface area contributed by atoms with Gasteiger partial charge in [-0.25, -0.2) is 4.39 Å².